The highest BCUT2D eigenvalue weighted by Gasteiger charge is 2.33. The Bertz CT molecular complexity index is 1030. The van der Waals surface area contributed by atoms with Crippen molar-refractivity contribution in [2.75, 3.05) is 13.1 Å². The van der Waals surface area contributed by atoms with Gasteiger partial charge in [-0.05, 0) is 43.9 Å². The van der Waals surface area contributed by atoms with E-state index in [9.17, 15) is 13.2 Å². The summed E-state index contributed by atoms with van der Waals surface area (Å²) in [5, 5.41) is 4.30. The largest absolute Gasteiger partial charge is 0.355 e. The first-order valence-corrected chi connectivity index (χ1v) is 10.1. The number of sulfonamides is 1. The molecule has 136 valence electrons. The van der Waals surface area contributed by atoms with Crippen molar-refractivity contribution in [3.8, 4) is 0 Å². The molecule has 3 heterocycles. The molecule has 4 rings (SSSR count). The van der Waals surface area contributed by atoms with E-state index in [4.69, 9.17) is 0 Å². The fourth-order valence-corrected chi connectivity index (χ4v) is 4.80. The van der Waals surface area contributed by atoms with Crippen LogP contribution in [0.1, 0.15) is 24.1 Å². The quantitative estimate of drug-likeness (QED) is 0.796. The van der Waals surface area contributed by atoms with Crippen LogP contribution in [-0.4, -0.2) is 42.0 Å². The Morgan fingerprint density at radius 2 is 1.85 bits per heavy atom. The van der Waals surface area contributed by atoms with Crippen molar-refractivity contribution in [2.45, 2.75) is 31.2 Å². The molecule has 0 bridgehead atoms. The van der Waals surface area contributed by atoms with E-state index in [1.807, 2.05) is 17.9 Å². The van der Waals surface area contributed by atoms with Crippen LogP contribution in [0.4, 0.5) is 0 Å². The van der Waals surface area contributed by atoms with Gasteiger partial charge in [-0.25, -0.2) is 4.68 Å². The summed E-state index contributed by atoms with van der Waals surface area (Å²) < 4.78 is 30.0. The zero-order chi connectivity index (χ0) is 18.3. The minimum absolute atomic E-state index is 0.0850. The molecule has 0 atom stereocenters. The van der Waals surface area contributed by atoms with Crippen molar-refractivity contribution in [3.63, 3.8) is 0 Å². The van der Waals surface area contributed by atoms with Crippen molar-refractivity contribution >= 4 is 15.9 Å². The number of benzene rings is 1. The Labute approximate surface area is 152 Å². The maximum absolute atomic E-state index is 12.2. The first kappa shape index (κ1) is 17.0. The predicted octanol–water partition coefficient (Wildman–Crippen LogP) is 1.41. The van der Waals surface area contributed by atoms with Crippen LogP contribution in [0.3, 0.4) is 0 Å². The number of piperidine rings is 1. The van der Waals surface area contributed by atoms with Gasteiger partial charge >= 0.3 is 0 Å². The van der Waals surface area contributed by atoms with E-state index in [1.165, 1.54) is 4.68 Å². The SMILES string of the molecule is Cc1ccc(=O)n(CC2CCN(C3=NS(=O)(=O)c4ccccc43)CC2)n1. The van der Waals surface area contributed by atoms with E-state index in [0.717, 1.165) is 18.5 Å². The second kappa shape index (κ2) is 6.35. The predicted molar refractivity (Wildman–Crippen MR) is 97.7 cm³/mol. The van der Waals surface area contributed by atoms with Crippen LogP contribution in [0.5, 0.6) is 0 Å². The molecule has 0 aliphatic carbocycles. The van der Waals surface area contributed by atoms with Gasteiger partial charge in [0.25, 0.3) is 15.6 Å². The molecule has 2 aliphatic rings. The summed E-state index contributed by atoms with van der Waals surface area (Å²) in [6.07, 6.45) is 1.73. The Kier molecular flexibility index (Phi) is 4.14. The normalized spacial score (nSPS) is 19.3. The molecule has 1 fully saturated rings. The molecular formula is C18H20N4O3S. The van der Waals surface area contributed by atoms with Crippen LogP contribution in [-0.2, 0) is 16.6 Å². The fraction of sp³-hybridized carbons (Fsp3) is 0.389. The maximum atomic E-state index is 12.2. The molecule has 2 aromatic rings. The van der Waals surface area contributed by atoms with Crippen molar-refractivity contribution in [1.29, 1.82) is 0 Å². The molecule has 7 nitrogen and oxygen atoms in total. The van der Waals surface area contributed by atoms with Gasteiger partial charge < -0.3 is 4.90 Å². The Hall–Kier alpha value is -2.48. The number of amidine groups is 1. The van der Waals surface area contributed by atoms with Gasteiger partial charge in [-0.1, -0.05) is 12.1 Å². The second-order valence-corrected chi connectivity index (χ2v) is 8.38. The van der Waals surface area contributed by atoms with Gasteiger partial charge in [0.15, 0.2) is 5.84 Å². The Morgan fingerprint density at radius 3 is 2.62 bits per heavy atom. The number of hydrogen-bond acceptors (Lipinski definition) is 5. The highest BCUT2D eigenvalue weighted by atomic mass is 32.2. The van der Waals surface area contributed by atoms with Crippen LogP contribution >= 0.6 is 0 Å². The summed E-state index contributed by atoms with van der Waals surface area (Å²) in [4.78, 5) is 14.3. The maximum Gasteiger partial charge on any atom is 0.285 e. The fourth-order valence-electron chi connectivity index (χ4n) is 3.57. The lowest BCUT2D eigenvalue weighted by molar-refractivity contribution is 0.238. The van der Waals surface area contributed by atoms with E-state index in [-0.39, 0.29) is 10.5 Å². The number of aryl methyl sites for hydroxylation is 1. The van der Waals surface area contributed by atoms with Gasteiger partial charge in [0.05, 0.1) is 5.69 Å². The van der Waals surface area contributed by atoms with Crippen LogP contribution in [0.25, 0.3) is 0 Å². The standard InChI is InChI=1S/C18H20N4O3S/c1-13-6-7-17(23)22(19-13)12-14-8-10-21(11-9-14)18-15-4-2-3-5-16(15)26(24,25)20-18/h2-7,14H,8-12H2,1H3. The van der Waals surface area contributed by atoms with E-state index >= 15 is 0 Å². The first-order chi connectivity index (χ1) is 12.4. The average molecular weight is 372 g/mol. The Balaban J connectivity index is 1.48. The molecular weight excluding hydrogens is 352 g/mol. The molecule has 1 aromatic carbocycles. The van der Waals surface area contributed by atoms with Crippen LogP contribution in [0.2, 0.25) is 0 Å². The van der Waals surface area contributed by atoms with Crippen molar-refractivity contribution in [3.05, 3.63) is 58.0 Å². The highest BCUT2D eigenvalue weighted by molar-refractivity contribution is 7.90. The lowest BCUT2D eigenvalue weighted by Crippen LogP contribution is -2.40. The van der Waals surface area contributed by atoms with Gasteiger partial charge in [-0.15, -0.1) is 4.40 Å². The van der Waals surface area contributed by atoms with Crippen molar-refractivity contribution < 1.29 is 8.42 Å². The molecule has 26 heavy (non-hydrogen) atoms. The third-order valence-electron chi connectivity index (χ3n) is 4.96. The summed E-state index contributed by atoms with van der Waals surface area (Å²) in [5.41, 5.74) is 1.42. The summed E-state index contributed by atoms with van der Waals surface area (Å²) in [5.74, 6) is 0.886. The highest BCUT2D eigenvalue weighted by Crippen LogP contribution is 2.29. The molecule has 0 spiro atoms. The molecule has 0 radical (unpaired) electrons. The molecule has 0 N–H and O–H groups in total. The number of rotatable bonds is 2. The van der Waals surface area contributed by atoms with Crippen molar-refractivity contribution in [2.24, 2.45) is 10.3 Å². The smallest absolute Gasteiger partial charge is 0.285 e. The number of aromatic nitrogens is 2. The topological polar surface area (TPSA) is 84.6 Å². The van der Waals surface area contributed by atoms with E-state index in [2.05, 4.69) is 9.50 Å². The minimum Gasteiger partial charge on any atom is -0.355 e. The van der Waals surface area contributed by atoms with Crippen LogP contribution in [0.15, 0.2) is 50.5 Å². The van der Waals surface area contributed by atoms with Crippen LogP contribution in [0, 0.1) is 12.8 Å². The number of hydrogen-bond donors (Lipinski definition) is 0. The molecule has 2 aliphatic heterocycles. The molecule has 1 aromatic heterocycles. The zero-order valence-corrected chi connectivity index (χ0v) is 15.3. The monoisotopic (exact) mass is 372 g/mol. The van der Waals surface area contributed by atoms with Gasteiger partial charge in [0, 0.05) is 31.3 Å². The number of likely N-dealkylation sites (tertiary alicyclic amines) is 1. The van der Waals surface area contributed by atoms with Gasteiger partial charge in [-0.2, -0.15) is 13.5 Å². The van der Waals surface area contributed by atoms with E-state index in [0.29, 0.717) is 37.0 Å². The lowest BCUT2D eigenvalue weighted by Gasteiger charge is -2.33. The van der Waals surface area contributed by atoms with E-state index < -0.39 is 10.0 Å². The molecule has 0 unspecified atom stereocenters. The lowest BCUT2D eigenvalue weighted by atomic mass is 9.96. The van der Waals surface area contributed by atoms with Crippen LogP contribution < -0.4 is 5.56 Å². The Morgan fingerprint density at radius 1 is 1.12 bits per heavy atom. The third-order valence-corrected chi connectivity index (χ3v) is 6.28. The molecule has 8 heteroatoms. The minimum atomic E-state index is -3.59. The zero-order valence-electron chi connectivity index (χ0n) is 14.5. The van der Waals surface area contributed by atoms with Gasteiger partial charge in [-0.3, -0.25) is 4.79 Å². The number of fused-ring (bicyclic) bond motifs is 1. The average Bonchev–Trinajstić information content (AvgIpc) is 2.91. The van der Waals surface area contributed by atoms with E-state index in [1.54, 1.807) is 30.3 Å². The number of nitrogens with zero attached hydrogens (tertiary/aromatic N) is 4. The molecule has 1 saturated heterocycles. The first-order valence-electron chi connectivity index (χ1n) is 8.68. The van der Waals surface area contributed by atoms with Gasteiger partial charge in [0.1, 0.15) is 4.90 Å². The summed E-state index contributed by atoms with van der Waals surface area (Å²) in [7, 11) is -3.59. The summed E-state index contributed by atoms with van der Waals surface area (Å²) >= 11 is 0. The summed E-state index contributed by atoms with van der Waals surface area (Å²) in [6, 6.07) is 10.2. The molecule has 0 amide bonds. The van der Waals surface area contributed by atoms with Gasteiger partial charge in [0.2, 0.25) is 0 Å². The second-order valence-electron chi connectivity index (χ2n) is 6.81. The molecule has 0 saturated carbocycles. The third kappa shape index (κ3) is 3.05. The summed E-state index contributed by atoms with van der Waals surface area (Å²) in [6.45, 7) is 3.90. The van der Waals surface area contributed by atoms with Crippen molar-refractivity contribution in [1.82, 2.24) is 14.7 Å².